The molecule has 9 heteroatoms. The summed E-state index contributed by atoms with van der Waals surface area (Å²) in [5, 5.41) is 21.5. The first-order valence-corrected chi connectivity index (χ1v) is 5.21. The number of nitro groups is 1. The molecule has 0 radical (unpaired) electrons. The second-order valence-electron chi connectivity index (χ2n) is 3.62. The number of rotatable bonds is 4. The van der Waals surface area contributed by atoms with Gasteiger partial charge >= 0.3 is 11.9 Å². The van der Waals surface area contributed by atoms with Crippen molar-refractivity contribution in [1.82, 2.24) is 4.98 Å². The molecule has 0 aromatic carbocycles. The van der Waals surface area contributed by atoms with Crippen LogP contribution in [0.1, 0.15) is 20.9 Å². The lowest BCUT2D eigenvalue weighted by molar-refractivity contribution is -0.402. The molecule has 0 saturated carbocycles. The predicted octanol–water partition coefficient (Wildman–Crippen LogP) is 1.53. The van der Waals surface area contributed by atoms with E-state index in [4.69, 9.17) is 9.52 Å². The topological polar surface area (TPSA) is 136 Å². The first kappa shape index (κ1) is 13.2. The Labute approximate surface area is 111 Å². The van der Waals surface area contributed by atoms with Gasteiger partial charge in [-0.15, -0.1) is 0 Å². The second-order valence-corrected chi connectivity index (χ2v) is 3.62. The van der Waals surface area contributed by atoms with Gasteiger partial charge in [-0.1, -0.05) is 0 Å². The number of pyridine rings is 1. The Morgan fingerprint density at radius 1 is 1.35 bits per heavy atom. The van der Waals surface area contributed by atoms with Gasteiger partial charge in [0.2, 0.25) is 0 Å². The van der Waals surface area contributed by atoms with Crippen molar-refractivity contribution < 1.29 is 24.0 Å². The van der Waals surface area contributed by atoms with E-state index in [1.165, 1.54) is 12.3 Å². The van der Waals surface area contributed by atoms with E-state index in [-0.39, 0.29) is 17.0 Å². The molecule has 2 N–H and O–H groups in total. The number of nitrogens with zero attached hydrogens (tertiary/aromatic N) is 2. The van der Waals surface area contributed by atoms with E-state index in [1.807, 2.05) is 0 Å². The zero-order chi connectivity index (χ0) is 14.7. The number of furan rings is 1. The average Bonchev–Trinajstić information content (AvgIpc) is 2.88. The second kappa shape index (κ2) is 5.18. The fourth-order valence-electron chi connectivity index (χ4n) is 1.37. The lowest BCUT2D eigenvalue weighted by atomic mass is 10.2. The molecule has 2 rings (SSSR count). The third kappa shape index (κ3) is 2.77. The van der Waals surface area contributed by atoms with Crippen LogP contribution in [-0.4, -0.2) is 26.9 Å². The maximum Gasteiger partial charge on any atom is 0.433 e. The van der Waals surface area contributed by atoms with Gasteiger partial charge in [-0.2, -0.15) is 0 Å². The number of carboxylic acid groups (broad SMARTS) is 1. The number of carbonyl (C=O) groups is 2. The lowest BCUT2D eigenvalue weighted by Crippen LogP contribution is -2.11. The van der Waals surface area contributed by atoms with Crippen molar-refractivity contribution in [2.45, 2.75) is 0 Å². The summed E-state index contributed by atoms with van der Waals surface area (Å²) in [5.41, 5.74) is 0.0298. The van der Waals surface area contributed by atoms with E-state index in [9.17, 15) is 19.7 Å². The molecule has 2 aromatic rings. The number of carbonyl (C=O) groups excluding carboxylic acids is 1. The van der Waals surface area contributed by atoms with Gasteiger partial charge in [0.05, 0.1) is 23.5 Å². The molecule has 0 aliphatic heterocycles. The zero-order valence-electron chi connectivity index (χ0n) is 9.77. The van der Waals surface area contributed by atoms with Gasteiger partial charge in [0.25, 0.3) is 5.91 Å². The Morgan fingerprint density at radius 3 is 2.70 bits per heavy atom. The normalized spacial score (nSPS) is 10.0. The number of carboxylic acids is 1. The Kier molecular flexibility index (Phi) is 3.42. The third-order valence-electron chi connectivity index (χ3n) is 2.24. The van der Waals surface area contributed by atoms with Crippen molar-refractivity contribution in [3.05, 3.63) is 52.0 Å². The van der Waals surface area contributed by atoms with Gasteiger partial charge in [-0.3, -0.25) is 19.9 Å². The molecule has 1 amide bonds. The largest absolute Gasteiger partial charge is 0.478 e. The number of hydrogen-bond donors (Lipinski definition) is 2. The first-order valence-electron chi connectivity index (χ1n) is 5.21. The summed E-state index contributed by atoms with van der Waals surface area (Å²) in [6.07, 6.45) is 2.36. The minimum Gasteiger partial charge on any atom is -0.478 e. The number of aromatic nitrogens is 1. The summed E-state index contributed by atoms with van der Waals surface area (Å²) in [4.78, 5) is 35.8. The molecule has 2 aromatic heterocycles. The van der Waals surface area contributed by atoms with Crippen molar-refractivity contribution in [2.24, 2.45) is 0 Å². The maximum absolute atomic E-state index is 11.7. The molecule has 0 bridgehead atoms. The van der Waals surface area contributed by atoms with Crippen LogP contribution in [0, 0.1) is 10.1 Å². The quantitative estimate of drug-likeness (QED) is 0.638. The molecule has 2 heterocycles. The predicted molar refractivity (Wildman–Crippen MR) is 64.5 cm³/mol. The molecule has 0 unspecified atom stereocenters. The number of aromatic carboxylic acids is 1. The first-order chi connectivity index (χ1) is 9.47. The molecule has 0 aliphatic rings. The van der Waals surface area contributed by atoms with Crippen LogP contribution in [0.5, 0.6) is 0 Å². The average molecular weight is 277 g/mol. The minimum atomic E-state index is -1.19. The molecular formula is C11H7N3O6. The SMILES string of the molecule is O=C(O)c1cncc(NC(=O)c2ccc([N+](=O)[O-])o2)c1. The number of anilines is 1. The van der Waals surface area contributed by atoms with Crippen LogP contribution in [0.25, 0.3) is 0 Å². The summed E-state index contributed by atoms with van der Waals surface area (Å²) in [6.45, 7) is 0. The van der Waals surface area contributed by atoms with Crippen LogP contribution in [0.15, 0.2) is 35.0 Å². The van der Waals surface area contributed by atoms with Crippen LogP contribution in [0.4, 0.5) is 11.6 Å². The zero-order valence-corrected chi connectivity index (χ0v) is 9.77. The smallest absolute Gasteiger partial charge is 0.433 e. The Bertz CT molecular complexity index is 693. The summed E-state index contributed by atoms with van der Waals surface area (Å²) in [7, 11) is 0. The molecular weight excluding hydrogens is 270 g/mol. The highest BCUT2D eigenvalue weighted by atomic mass is 16.6. The lowest BCUT2D eigenvalue weighted by Gasteiger charge is -2.03. The van der Waals surface area contributed by atoms with Gasteiger partial charge in [0, 0.05) is 6.20 Å². The third-order valence-corrected chi connectivity index (χ3v) is 2.24. The summed E-state index contributed by atoms with van der Waals surface area (Å²) >= 11 is 0. The van der Waals surface area contributed by atoms with Crippen LogP contribution in [0.3, 0.4) is 0 Å². The highest BCUT2D eigenvalue weighted by Gasteiger charge is 2.17. The van der Waals surface area contributed by atoms with Crippen LogP contribution < -0.4 is 5.32 Å². The number of hydrogen-bond acceptors (Lipinski definition) is 6. The van der Waals surface area contributed by atoms with Gasteiger partial charge in [0.15, 0.2) is 5.76 Å². The standard InChI is InChI=1S/C11H7N3O6/c15-10(8-1-2-9(20-8)14(18)19)13-7-3-6(11(16)17)4-12-5-7/h1-5H,(H,13,15)(H,16,17). The minimum absolute atomic E-state index is 0.103. The molecule has 102 valence electrons. The summed E-state index contributed by atoms with van der Waals surface area (Å²) < 4.78 is 4.71. The highest BCUT2D eigenvalue weighted by Crippen LogP contribution is 2.17. The molecule has 0 saturated heterocycles. The van der Waals surface area contributed by atoms with Gasteiger partial charge < -0.3 is 14.8 Å². The molecule has 20 heavy (non-hydrogen) atoms. The molecule has 0 fully saturated rings. The van der Waals surface area contributed by atoms with Crippen LogP contribution in [0.2, 0.25) is 0 Å². The van der Waals surface area contributed by atoms with Crippen molar-refractivity contribution in [2.75, 3.05) is 5.32 Å². The molecule has 9 nitrogen and oxygen atoms in total. The van der Waals surface area contributed by atoms with Crippen LogP contribution >= 0.6 is 0 Å². The highest BCUT2D eigenvalue weighted by molar-refractivity contribution is 6.02. The fraction of sp³-hybridized carbons (Fsp3) is 0. The molecule has 0 aliphatic carbocycles. The summed E-state index contributed by atoms with van der Waals surface area (Å²) in [5.74, 6) is -2.77. The fourth-order valence-corrected chi connectivity index (χ4v) is 1.37. The number of nitrogens with one attached hydrogen (secondary N) is 1. The van der Waals surface area contributed by atoms with E-state index in [2.05, 4.69) is 10.3 Å². The van der Waals surface area contributed by atoms with Crippen LogP contribution in [-0.2, 0) is 0 Å². The Morgan fingerprint density at radius 2 is 2.10 bits per heavy atom. The maximum atomic E-state index is 11.7. The number of amides is 1. The van der Waals surface area contributed by atoms with Crippen molar-refractivity contribution in [1.29, 1.82) is 0 Å². The van der Waals surface area contributed by atoms with Gasteiger partial charge in [-0.25, -0.2) is 4.79 Å². The van der Waals surface area contributed by atoms with Gasteiger partial charge in [0.1, 0.15) is 4.92 Å². The van der Waals surface area contributed by atoms with Crippen molar-refractivity contribution in [3.8, 4) is 0 Å². The van der Waals surface area contributed by atoms with Gasteiger partial charge in [-0.05, 0) is 12.1 Å². The van der Waals surface area contributed by atoms with Crippen molar-refractivity contribution in [3.63, 3.8) is 0 Å². The van der Waals surface area contributed by atoms with E-state index >= 15 is 0 Å². The van der Waals surface area contributed by atoms with Crippen molar-refractivity contribution >= 4 is 23.4 Å². The Hall–Kier alpha value is -3.23. The molecule has 0 spiro atoms. The Balaban J connectivity index is 2.16. The van der Waals surface area contributed by atoms with E-state index in [0.717, 1.165) is 18.3 Å². The van der Waals surface area contributed by atoms with E-state index in [1.54, 1.807) is 0 Å². The monoisotopic (exact) mass is 277 g/mol. The summed E-state index contributed by atoms with van der Waals surface area (Å²) in [6, 6.07) is 3.38. The van der Waals surface area contributed by atoms with E-state index in [0.29, 0.717) is 0 Å². The molecule has 0 atom stereocenters. The van der Waals surface area contributed by atoms with E-state index < -0.39 is 22.7 Å².